The van der Waals surface area contributed by atoms with Crippen LogP contribution in [0.2, 0.25) is 0 Å². The highest BCUT2D eigenvalue weighted by Crippen LogP contribution is 2.34. The summed E-state index contributed by atoms with van der Waals surface area (Å²) in [6, 6.07) is 6.81. The molecule has 2 amide bonds. The number of fused-ring (bicyclic) bond motifs is 1. The second kappa shape index (κ2) is 6.61. The summed E-state index contributed by atoms with van der Waals surface area (Å²) in [5.41, 5.74) is 0.607. The van der Waals surface area contributed by atoms with Gasteiger partial charge in [0.25, 0.3) is 0 Å². The molecule has 1 N–H and O–H groups in total. The molecule has 0 aliphatic carbocycles. The van der Waals surface area contributed by atoms with Crippen LogP contribution in [-0.4, -0.2) is 30.3 Å². The van der Waals surface area contributed by atoms with E-state index in [0.29, 0.717) is 28.8 Å². The molecule has 0 fully saturated rings. The molecule has 0 saturated heterocycles. The Labute approximate surface area is 138 Å². The van der Waals surface area contributed by atoms with Crippen molar-refractivity contribution in [2.24, 2.45) is 0 Å². The van der Waals surface area contributed by atoms with Crippen molar-refractivity contribution in [3.8, 4) is 11.5 Å². The van der Waals surface area contributed by atoms with Crippen molar-refractivity contribution < 1.29 is 23.6 Å². The molecule has 1 aliphatic heterocycles. The van der Waals surface area contributed by atoms with Gasteiger partial charge in [-0.05, 0) is 19.1 Å². The first-order valence-corrected chi connectivity index (χ1v) is 7.44. The minimum atomic E-state index is -0.222. The fourth-order valence-electron chi connectivity index (χ4n) is 2.32. The van der Waals surface area contributed by atoms with Crippen LogP contribution in [0.15, 0.2) is 28.8 Å². The Morgan fingerprint density at radius 2 is 2.04 bits per heavy atom. The Morgan fingerprint density at radius 1 is 1.25 bits per heavy atom. The summed E-state index contributed by atoms with van der Waals surface area (Å²) >= 11 is 0. The highest BCUT2D eigenvalue weighted by atomic mass is 16.7. The lowest BCUT2D eigenvalue weighted by atomic mass is 10.2. The second-order valence-electron chi connectivity index (χ2n) is 5.33. The first kappa shape index (κ1) is 15.9. The number of aromatic nitrogens is 1. The molecular weight excluding hydrogens is 314 g/mol. The number of carbonyl (C=O) groups excluding carboxylic acids is 2. The molecule has 1 aromatic heterocycles. The highest BCUT2D eigenvalue weighted by molar-refractivity contribution is 5.94. The molecule has 1 aliphatic rings. The Morgan fingerprint density at radius 3 is 2.75 bits per heavy atom. The van der Waals surface area contributed by atoms with Crippen LogP contribution >= 0.6 is 0 Å². The topological polar surface area (TPSA) is 93.9 Å². The number of ether oxygens (including phenoxy) is 2. The van der Waals surface area contributed by atoms with Crippen LogP contribution in [-0.2, 0) is 9.59 Å². The van der Waals surface area contributed by atoms with Crippen molar-refractivity contribution in [1.29, 1.82) is 0 Å². The molecule has 126 valence electrons. The monoisotopic (exact) mass is 331 g/mol. The van der Waals surface area contributed by atoms with E-state index in [1.165, 1.54) is 11.8 Å². The minimum absolute atomic E-state index is 0.125. The average molecular weight is 331 g/mol. The molecule has 0 saturated carbocycles. The van der Waals surface area contributed by atoms with Crippen molar-refractivity contribution in [1.82, 2.24) is 5.16 Å². The van der Waals surface area contributed by atoms with Gasteiger partial charge in [0.15, 0.2) is 17.3 Å². The van der Waals surface area contributed by atoms with Gasteiger partial charge in [-0.2, -0.15) is 0 Å². The first-order valence-electron chi connectivity index (χ1n) is 7.44. The lowest BCUT2D eigenvalue weighted by Gasteiger charge is -2.17. The molecule has 0 bridgehead atoms. The molecule has 8 heteroatoms. The van der Waals surface area contributed by atoms with Crippen LogP contribution < -0.4 is 19.7 Å². The Bertz CT molecular complexity index is 771. The Balaban J connectivity index is 1.59. The molecule has 0 spiro atoms. The van der Waals surface area contributed by atoms with Gasteiger partial charge in [0.2, 0.25) is 18.6 Å². The van der Waals surface area contributed by atoms with Gasteiger partial charge < -0.3 is 19.3 Å². The van der Waals surface area contributed by atoms with Gasteiger partial charge in [0, 0.05) is 37.7 Å². The largest absolute Gasteiger partial charge is 0.454 e. The van der Waals surface area contributed by atoms with Crippen molar-refractivity contribution >= 4 is 23.3 Å². The van der Waals surface area contributed by atoms with E-state index < -0.39 is 0 Å². The number of hydrogen-bond acceptors (Lipinski definition) is 6. The van der Waals surface area contributed by atoms with E-state index >= 15 is 0 Å². The minimum Gasteiger partial charge on any atom is -0.454 e. The SMILES string of the molecule is CC(=O)N(CCC(=O)Nc1ccc2c(c1)OCO2)c1cc(C)on1. The number of nitrogens with one attached hydrogen (secondary N) is 1. The summed E-state index contributed by atoms with van der Waals surface area (Å²) in [7, 11) is 0. The number of amides is 2. The van der Waals surface area contributed by atoms with Gasteiger partial charge in [-0.3, -0.25) is 14.5 Å². The molecule has 2 aromatic rings. The van der Waals surface area contributed by atoms with Crippen molar-refractivity contribution in [3.05, 3.63) is 30.0 Å². The maximum absolute atomic E-state index is 12.1. The molecule has 0 radical (unpaired) electrons. The Kier molecular flexibility index (Phi) is 4.37. The number of rotatable bonds is 5. The average Bonchev–Trinajstić information content (AvgIpc) is 3.15. The summed E-state index contributed by atoms with van der Waals surface area (Å²) in [5.74, 6) is 1.81. The third-order valence-electron chi connectivity index (χ3n) is 3.49. The van der Waals surface area contributed by atoms with E-state index in [9.17, 15) is 9.59 Å². The van der Waals surface area contributed by atoms with Crippen LogP contribution in [0.5, 0.6) is 11.5 Å². The molecule has 2 heterocycles. The van der Waals surface area contributed by atoms with Crippen LogP contribution in [0, 0.1) is 6.92 Å². The normalized spacial score (nSPS) is 12.1. The van der Waals surface area contributed by atoms with Crippen LogP contribution in [0.4, 0.5) is 11.5 Å². The molecule has 0 atom stereocenters. The zero-order valence-electron chi connectivity index (χ0n) is 13.4. The fourth-order valence-corrected chi connectivity index (χ4v) is 2.32. The number of aryl methyl sites for hydroxylation is 1. The van der Waals surface area contributed by atoms with Crippen molar-refractivity contribution in [2.45, 2.75) is 20.3 Å². The maximum Gasteiger partial charge on any atom is 0.231 e. The number of carbonyl (C=O) groups is 2. The van der Waals surface area contributed by atoms with E-state index in [1.54, 1.807) is 31.2 Å². The summed E-state index contributed by atoms with van der Waals surface area (Å²) in [6.07, 6.45) is 0.125. The molecule has 24 heavy (non-hydrogen) atoms. The quantitative estimate of drug-likeness (QED) is 0.901. The molecule has 3 rings (SSSR count). The van der Waals surface area contributed by atoms with Gasteiger partial charge in [0.1, 0.15) is 5.76 Å². The third kappa shape index (κ3) is 3.48. The molecule has 0 unspecified atom stereocenters. The van der Waals surface area contributed by atoms with E-state index in [0.717, 1.165) is 0 Å². The van der Waals surface area contributed by atoms with Gasteiger partial charge in [-0.25, -0.2) is 0 Å². The predicted molar refractivity (Wildman–Crippen MR) is 85.1 cm³/mol. The van der Waals surface area contributed by atoms with Gasteiger partial charge in [-0.15, -0.1) is 0 Å². The van der Waals surface area contributed by atoms with Crippen molar-refractivity contribution in [3.63, 3.8) is 0 Å². The summed E-state index contributed by atoms with van der Waals surface area (Å²) in [5, 5.41) is 6.57. The van der Waals surface area contributed by atoms with Gasteiger partial charge >= 0.3 is 0 Å². The summed E-state index contributed by atoms with van der Waals surface area (Å²) in [6.45, 7) is 3.54. The van der Waals surface area contributed by atoms with Crippen LogP contribution in [0.1, 0.15) is 19.1 Å². The lowest BCUT2D eigenvalue weighted by Crippen LogP contribution is -2.32. The third-order valence-corrected chi connectivity index (χ3v) is 3.49. The zero-order chi connectivity index (χ0) is 17.1. The number of hydrogen-bond donors (Lipinski definition) is 1. The standard InChI is InChI=1S/C16H17N3O5/c1-10-7-15(18-24-10)19(11(2)20)6-5-16(21)17-12-3-4-13-14(8-12)23-9-22-13/h3-4,7-8H,5-6,9H2,1-2H3,(H,17,21). The number of anilines is 2. The van der Waals surface area contributed by atoms with Crippen LogP contribution in [0.25, 0.3) is 0 Å². The van der Waals surface area contributed by atoms with E-state index in [4.69, 9.17) is 14.0 Å². The van der Waals surface area contributed by atoms with Crippen LogP contribution in [0.3, 0.4) is 0 Å². The summed E-state index contributed by atoms with van der Waals surface area (Å²) in [4.78, 5) is 25.2. The molecule has 1 aromatic carbocycles. The van der Waals surface area contributed by atoms with E-state index in [1.807, 2.05) is 0 Å². The lowest BCUT2D eigenvalue weighted by molar-refractivity contribution is -0.117. The van der Waals surface area contributed by atoms with Gasteiger partial charge in [-0.1, -0.05) is 5.16 Å². The summed E-state index contributed by atoms with van der Waals surface area (Å²) < 4.78 is 15.5. The first-order chi connectivity index (χ1) is 11.5. The maximum atomic E-state index is 12.1. The van der Waals surface area contributed by atoms with Gasteiger partial charge in [0.05, 0.1) is 0 Å². The Hall–Kier alpha value is -3.03. The highest BCUT2D eigenvalue weighted by Gasteiger charge is 2.18. The molecular formula is C16H17N3O5. The zero-order valence-corrected chi connectivity index (χ0v) is 13.4. The predicted octanol–water partition coefficient (Wildman–Crippen LogP) is 2.09. The second-order valence-corrected chi connectivity index (χ2v) is 5.33. The van der Waals surface area contributed by atoms with E-state index in [-0.39, 0.29) is 31.6 Å². The number of benzene rings is 1. The van der Waals surface area contributed by atoms with E-state index in [2.05, 4.69) is 10.5 Å². The van der Waals surface area contributed by atoms with Crippen molar-refractivity contribution in [2.75, 3.05) is 23.6 Å². The smallest absolute Gasteiger partial charge is 0.231 e. The number of nitrogens with zero attached hydrogens (tertiary/aromatic N) is 2. The molecule has 8 nitrogen and oxygen atoms in total. The fraction of sp³-hybridized carbons (Fsp3) is 0.312.